The first kappa shape index (κ1) is 9.20. The van der Waals surface area contributed by atoms with Gasteiger partial charge in [0.15, 0.2) is 0 Å². The summed E-state index contributed by atoms with van der Waals surface area (Å²) in [7, 11) is 0. The maximum absolute atomic E-state index is 12.4. The molecule has 1 saturated carbocycles. The van der Waals surface area contributed by atoms with Crippen molar-refractivity contribution in [3.63, 3.8) is 0 Å². The molecule has 0 amide bonds. The third-order valence-corrected chi connectivity index (χ3v) is 2.53. The second-order valence-corrected chi connectivity index (χ2v) is 3.52. The monoisotopic (exact) mass is 183 g/mol. The minimum absolute atomic E-state index is 0. The van der Waals surface area contributed by atoms with Crippen molar-refractivity contribution in [2.24, 2.45) is 0 Å². The second kappa shape index (κ2) is 2.56. The molecule has 2 fully saturated rings. The molecule has 2 rings (SSSR count). The van der Waals surface area contributed by atoms with Crippen LogP contribution in [0.3, 0.4) is 0 Å². The minimum atomic E-state index is -2.36. The molecule has 1 aliphatic carbocycles. The first-order valence-corrected chi connectivity index (χ1v) is 3.75. The number of hydrogen-bond acceptors (Lipinski definition) is 1. The first-order valence-electron chi connectivity index (χ1n) is 3.75. The van der Waals surface area contributed by atoms with Crippen molar-refractivity contribution in [1.29, 1.82) is 0 Å². The Kier molecular flexibility index (Phi) is 2.14. The van der Waals surface area contributed by atoms with Crippen LogP contribution in [0.2, 0.25) is 0 Å². The molecule has 0 aromatic rings. The fraction of sp³-hybridized carbons (Fsp3) is 1.00. The number of nitrogens with one attached hydrogen (secondary N) is 1. The molecule has 0 radical (unpaired) electrons. The van der Waals surface area contributed by atoms with Crippen LogP contribution in [0.5, 0.6) is 0 Å². The summed E-state index contributed by atoms with van der Waals surface area (Å²) in [5.74, 6) is -2.36. The highest BCUT2D eigenvalue weighted by molar-refractivity contribution is 5.85. The van der Waals surface area contributed by atoms with Crippen LogP contribution >= 0.6 is 12.4 Å². The quantitative estimate of drug-likeness (QED) is 0.606. The molecule has 0 aromatic carbocycles. The van der Waals surface area contributed by atoms with Gasteiger partial charge in [-0.25, -0.2) is 8.78 Å². The van der Waals surface area contributed by atoms with E-state index in [0.29, 0.717) is 0 Å². The van der Waals surface area contributed by atoms with E-state index in [0.717, 1.165) is 19.4 Å². The Morgan fingerprint density at radius 1 is 1.18 bits per heavy atom. The van der Waals surface area contributed by atoms with Gasteiger partial charge in [0.05, 0.1) is 0 Å². The zero-order valence-electron chi connectivity index (χ0n) is 6.20. The van der Waals surface area contributed by atoms with Gasteiger partial charge < -0.3 is 5.32 Å². The SMILES string of the molecule is Cl.FC1(F)CC2(CCCN2)C1. The van der Waals surface area contributed by atoms with Crippen LogP contribution < -0.4 is 5.32 Å². The Hall–Kier alpha value is 0.110. The highest BCUT2D eigenvalue weighted by atomic mass is 35.5. The number of halogens is 3. The van der Waals surface area contributed by atoms with Crippen LogP contribution in [0, 0.1) is 0 Å². The molecular formula is C7H12ClF2N. The minimum Gasteiger partial charge on any atom is -0.311 e. The zero-order chi connectivity index (χ0) is 7.24. The van der Waals surface area contributed by atoms with E-state index in [4.69, 9.17) is 0 Å². The van der Waals surface area contributed by atoms with E-state index in [2.05, 4.69) is 5.32 Å². The molecule has 1 nitrogen and oxygen atoms in total. The summed E-state index contributed by atoms with van der Waals surface area (Å²) in [6.45, 7) is 0.927. The van der Waals surface area contributed by atoms with E-state index < -0.39 is 5.92 Å². The molecule has 11 heavy (non-hydrogen) atoms. The molecule has 4 heteroatoms. The Morgan fingerprint density at radius 3 is 2.18 bits per heavy atom. The zero-order valence-corrected chi connectivity index (χ0v) is 7.02. The van der Waals surface area contributed by atoms with Gasteiger partial charge in [0.1, 0.15) is 0 Å². The van der Waals surface area contributed by atoms with Crippen molar-refractivity contribution < 1.29 is 8.78 Å². The third kappa shape index (κ3) is 1.49. The van der Waals surface area contributed by atoms with Gasteiger partial charge in [0.2, 0.25) is 0 Å². The van der Waals surface area contributed by atoms with Crippen molar-refractivity contribution in [2.75, 3.05) is 6.54 Å². The van der Waals surface area contributed by atoms with Crippen LogP contribution in [0.1, 0.15) is 25.7 Å². The average molecular weight is 184 g/mol. The molecule has 1 aliphatic heterocycles. The van der Waals surface area contributed by atoms with Gasteiger partial charge in [0, 0.05) is 18.4 Å². The standard InChI is InChI=1S/C7H11F2N.ClH/c8-7(9)4-6(5-7)2-1-3-10-6;/h10H,1-5H2;1H. The maximum atomic E-state index is 12.4. The van der Waals surface area contributed by atoms with Crippen LogP contribution in [0.4, 0.5) is 8.78 Å². The lowest BCUT2D eigenvalue weighted by molar-refractivity contribution is -0.128. The lowest BCUT2D eigenvalue weighted by atomic mass is 9.73. The Morgan fingerprint density at radius 2 is 1.82 bits per heavy atom. The van der Waals surface area contributed by atoms with Crippen LogP contribution in [0.25, 0.3) is 0 Å². The van der Waals surface area contributed by atoms with E-state index in [1.54, 1.807) is 0 Å². The molecule has 66 valence electrons. The Bertz CT molecular complexity index is 145. The first-order chi connectivity index (χ1) is 4.62. The summed E-state index contributed by atoms with van der Waals surface area (Å²) in [5.41, 5.74) is -0.149. The summed E-state index contributed by atoms with van der Waals surface area (Å²) in [6, 6.07) is 0. The predicted molar refractivity (Wildman–Crippen MR) is 41.4 cm³/mol. The highest BCUT2D eigenvalue weighted by Crippen LogP contribution is 2.49. The molecule has 1 N–H and O–H groups in total. The van der Waals surface area contributed by atoms with Gasteiger partial charge in [-0.05, 0) is 19.4 Å². The topological polar surface area (TPSA) is 12.0 Å². The molecule has 0 bridgehead atoms. The van der Waals surface area contributed by atoms with Gasteiger partial charge in [0.25, 0.3) is 5.92 Å². The third-order valence-electron chi connectivity index (χ3n) is 2.53. The lowest BCUT2D eigenvalue weighted by Gasteiger charge is -2.44. The van der Waals surface area contributed by atoms with Crippen LogP contribution in [0.15, 0.2) is 0 Å². The van der Waals surface area contributed by atoms with Crippen molar-refractivity contribution in [3.05, 3.63) is 0 Å². The van der Waals surface area contributed by atoms with Crippen LogP contribution in [-0.2, 0) is 0 Å². The highest BCUT2D eigenvalue weighted by Gasteiger charge is 2.57. The average Bonchev–Trinajstić information content (AvgIpc) is 2.10. The predicted octanol–water partition coefficient (Wildman–Crippen LogP) is 1.96. The number of alkyl halides is 2. The second-order valence-electron chi connectivity index (χ2n) is 3.52. The molecule has 0 atom stereocenters. The lowest BCUT2D eigenvalue weighted by Crippen LogP contribution is -2.57. The summed E-state index contributed by atoms with van der Waals surface area (Å²) < 4.78 is 24.8. The summed E-state index contributed by atoms with van der Waals surface area (Å²) in [4.78, 5) is 0. The molecular weight excluding hydrogens is 172 g/mol. The van der Waals surface area contributed by atoms with Crippen molar-refractivity contribution in [3.8, 4) is 0 Å². The Balaban J connectivity index is 0.000000605. The van der Waals surface area contributed by atoms with Crippen molar-refractivity contribution in [2.45, 2.75) is 37.1 Å². The van der Waals surface area contributed by atoms with Gasteiger partial charge >= 0.3 is 0 Å². The number of hydrogen-bond donors (Lipinski definition) is 1. The number of rotatable bonds is 0. The Labute approximate surface area is 71.0 Å². The molecule has 1 saturated heterocycles. The molecule has 1 heterocycles. The largest absolute Gasteiger partial charge is 0.311 e. The molecule has 1 spiro atoms. The molecule has 2 aliphatic rings. The summed E-state index contributed by atoms with van der Waals surface area (Å²) >= 11 is 0. The van der Waals surface area contributed by atoms with E-state index >= 15 is 0 Å². The summed E-state index contributed by atoms with van der Waals surface area (Å²) in [6.07, 6.45) is 2.15. The molecule has 0 aromatic heterocycles. The van der Waals surface area contributed by atoms with E-state index in [9.17, 15) is 8.78 Å². The maximum Gasteiger partial charge on any atom is 0.251 e. The fourth-order valence-electron chi connectivity index (χ4n) is 2.11. The van der Waals surface area contributed by atoms with Gasteiger partial charge in [-0.1, -0.05) is 0 Å². The van der Waals surface area contributed by atoms with E-state index in [-0.39, 0.29) is 30.8 Å². The molecule has 0 unspecified atom stereocenters. The van der Waals surface area contributed by atoms with Gasteiger partial charge in [-0.3, -0.25) is 0 Å². The van der Waals surface area contributed by atoms with Crippen molar-refractivity contribution >= 4 is 12.4 Å². The van der Waals surface area contributed by atoms with Crippen molar-refractivity contribution in [1.82, 2.24) is 5.32 Å². The smallest absolute Gasteiger partial charge is 0.251 e. The summed E-state index contributed by atoms with van der Waals surface area (Å²) in [5, 5.41) is 3.15. The van der Waals surface area contributed by atoms with E-state index in [1.165, 1.54) is 0 Å². The van der Waals surface area contributed by atoms with Gasteiger partial charge in [-0.2, -0.15) is 0 Å². The van der Waals surface area contributed by atoms with E-state index in [1.807, 2.05) is 0 Å². The fourth-order valence-corrected chi connectivity index (χ4v) is 2.11. The van der Waals surface area contributed by atoms with Crippen LogP contribution in [-0.4, -0.2) is 18.0 Å². The normalized spacial score (nSPS) is 31.1. The van der Waals surface area contributed by atoms with Gasteiger partial charge in [-0.15, -0.1) is 12.4 Å².